The molecule has 4 nitrogen and oxygen atoms in total. The zero-order valence-electron chi connectivity index (χ0n) is 13.2. The Morgan fingerprint density at radius 2 is 1.95 bits per heavy atom. The van der Waals surface area contributed by atoms with E-state index in [1.807, 2.05) is 40.7 Å². The van der Waals surface area contributed by atoms with Crippen molar-refractivity contribution in [1.29, 1.82) is 0 Å². The van der Waals surface area contributed by atoms with Gasteiger partial charge < -0.3 is 5.32 Å². The summed E-state index contributed by atoms with van der Waals surface area (Å²) >= 11 is 1.55. The van der Waals surface area contributed by atoms with E-state index in [1.54, 1.807) is 18.4 Å². The molecule has 0 bridgehead atoms. The largest absolute Gasteiger partial charge is 0.312 e. The van der Waals surface area contributed by atoms with Gasteiger partial charge in [-0.1, -0.05) is 20.8 Å². The SMILES string of the molecule is CCNCc1cc(S(=O)(=O)N(C)C(C)C(C)C)c(C)s1. The van der Waals surface area contributed by atoms with Gasteiger partial charge in [0.05, 0.1) is 4.90 Å². The van der Waals surface area contributed by atoms with Crippen molar-refractivity contribution in [3.8, 4) is 0 Å². The minimum absolute atomic E-state index is 0.0171. The fourth-order valence-electron chi connectivity index (χ4n) is 1.91. The molecule has 1 aromatic rings. The zero-order valence-corrected chi connectivity index (χ0v) is 14.9. The summed E-state index contributed by atoms with van der Waals surface area (Å²) in [5.41, 5.74) is 0. The molecule has 0 spiro atoms. The highest BCUT2D eigenvalue weighted by molar-refractivity contribution is 7.89. The van der Waals surface area contributed by atoms with E-state index < -0.39 is 10.0 Å². The van der Waals surface area contributed by atoms with Gasteiger partial charge in [0.1, 0.15) is 0 Å². The van der Waals surface area contributed by atoms with Crippen molar-refractivity contribution in [2.75, 3.05) is 13.6 Å². The van der Waals surface area contributed by atoms with Crippen molar-refractivity contribution in [2.24, 2.45) is 5.92 Å². The fraction of sp³-hybridized carbons (Fsp3) is 0.714. The van der Waals surface area contributed by atoms with E-state index >= 15 is 0 Å². The molecule has 20 heavy (non-hydrogen) atoms. The molecular formula is C14H26N2O2S2. The lowest BCUT2D eigenvalue weighted by Crippen LogP contribution is -2.38. The molecule has 0 fully saturated rings. The van der Waals surface area contributed by atoms with Gasteiger partial charge in [-0.15, -0.1) is 11.3 Å². The van der Waals surface area contributed by atoms with Gasteiger partial charge in [-0.05, 0) is 32.4 Å². The second-order valence-electron chi connectivity index (χ2n) is 5.42. The van der Waals surface area contributed by atoms with E-state index in [0.29, 0.717) is 4.90 Å². The van der Waals surface area contributed by atoms with E-state index in [1.165, 1.54) is 4.31 Å². The van der Waals surface area contributed by atoms with Crippen molar-refractivity contribution in [3.05, 3.63) is 15.8 Å². The highest BCUT2D eigenvalue weighted by Crippen LogP contribution is 2.29. The van der Waals surface area contributed by atoms with Gasteiger partial charge in [-0.25, -0.2) is 8.42 Å². The Kier molecular flexibility index (Phi) is 6.19. The van der Waals surface area contributed by atoms with Crippen LogP contribution >= 0.6 is 11.3 Å². The molecule has 1 N–H and O–H groups in total. The van der Waals surface area contributed by atoms with E-state index in [2.05, 4.69) is 5.32 Å². The lowest BCUT2D eigenvalue weighted by molar-refractivity contribution is 0.315. The summed E-state index contributed by atoms with van der Waals surface area (Å²) in [6.45, 7) is 11.5. The van der Waals surface area contributed by atoms with Crippen LogP contribution in [0.2, 0.25) is 0 Å². The topological polar surface area (TPSA) is 49.4 Å². The molecule has 0 aliphatic rings. The van der Waals surface area contributed by atoms with Gasteiger partial charge in [-0.3, -0.25) is 0 Å². The number of sulfonamides is 1. The summed E-state index contributed by atoms with van der Waals surface area (Å²) in [5.74, 6) is 0.287. The van der Waals surface area contributed by atoms with Gasteiger partial charge in [0, 0.05) is 29.4 Å². The number of nitrogens with one attached hydrogen (secondary N) is 1. The number of aryl methyl sites for hydroxylation is 1. The highest BCUT2D eigenvalue weighted by Gasteiger charge is 2.29. The predicted molar refractivity (Wildman–Crippen MR) is 85.7 cm³/mol. The van der Waals surface area contributed by atoms with Gasteiger partial charge in [-0.2, -0.15) is 4.31 Å². The summed E-state index contributed by atoms with van der Waals surface area (Å²) in [5, 5.41) is 3.23. The first kappa shape index (κ1) is 17.6. The van der Waals surface area contributed by atoms with Crippen LogP contribution in [0.25, 0.3) is 0 Å². The van der Waals surface area contributed by atoms with Crippen LogP contribution in [0.1, 0.15) is 37.4 Å². The molecule has 0 amide bonds. The van der Waals surface area contributed by atoms with E-state index in [-0.39, 0.29) is 12.0 Å². The third-order valence-electron chi connectivity index (χ3n) is 3.67. The first-order valence-electron chi connectivity index (χ1n) is 6.99. The molecule has 0 aromatic carbocycles. The highest BCUT2D eigenvalue weighted by atomic mass is 32.2. The normalized spacial score (nSPS) is 14.2. The third kappa shape index (κ3) is 3.81. The number of rotatable bonds is 7. The van der Waals surface area contributed by atoms with Gasteiger partial charge in [0.2, 0.25) is 10.0 Å². The van der Waals surface area contributed by atoms with E-state index in [4.69, 9.17) is 0 Å². The van der Waals surface area contributed by atoms with Crippen LogP contribution < -0.4 is 5.32 Å². The average molecular weight is 319 g/mol. The minimum atomic E-state index is -3.40. The number of hydrogen-bond acceptors (Lipinski definition) is 4. The maximum absolute atomic E-state index is 12.7. The molecule has 0 aliphatic carbocycles. The maximum Gasteiger partial charge on any atom is 0.244 e. The lowest BCUT2D eigenvalue weighted by atomic mass is 10.1. The standard InChI is InChI=1S/C14H26N2O2S2/c1-7-15-9-13-8-14(12(5)19-13)20(17,18)16(6)11(4)10(2)3/h8,10-11,15H,7,9H2,1-6H3. The smallest absolute Gasteiger partial charge is 0.244 e. The molecule has 1 atom stereocenters. The average Bonchev–Trinajstić information content (AvgIpc) is 2.76. The van der Waals surface area contributed by atoms with E-state index in [9.17, 15) is 8.42 Å². The quantitative estimate of drug-likeness (QED) is 0.841. The molecule has 0 saturated heterocycles. The molecule has 1 heterocycles. The zero-order chi connectivity index (χ0) is 15.5. The van der Waals surface area contributed by atoms with Crippen molar-refractivity contribution < 1.29 is 8.42 Å². The number of thiophene rings is 1. The molecule has 1 unspecified atom stereocenters. The fourth-order valence-corrected chi connectivity index (χ4v) is 4.97. The molecule has 1 aromatic heterocycles. The number of nitrogens with zero attached hydrogens (tertiary/aromatic N) is 1. The summed E-state index contributed by atoms with van der Waals surface area (Å²) in [4.78, 5) is 2.37. The monoisotopic (exact) mass is 318 g/mol. The Labute approximate surface area is 127 Å². The predicted octanol–water partition coefficient (Wildman–Crippen LogP) is 2.83. The van der Waals surface area contributed by atoms with Gasteiger partial charge in [0.25, 0.3) is 0 Å². The molecule has 1 rings (SSSR count). The molecule has 0 saturated carbocycles. The van der Waals surface area contributed by atoms with Crippen LogP contribution in [0.15, 0.2) is 11.0 Å². The van der Waals surface area contributed by atoms with Crippen LogP contribution in [0.3, 0.4) is 0 Å². The first-order valence-corrected chi connectivity index (χ1v) is 9.25. The van der Waals surface area contributed by atoms with Crippen molar-refractivity contribution in [2.45, 2.75) is 52.1 Å². The first-order chi connectivity index (χ1) is 9.21. The molecule has 0 radical (unpaired) electrons. The second-order valence-corrected chi connectivity index (χ2v) is 8.73. The summed E-state index contributed by atoms with van der Waals surface area (Å²) in [6.07, 6.45) is 0. The van der Waals surface area contributed by atoms with Crippen LogP contribution in [-0.2, 0) is 16.6 Å². The lowest BCUT2D eigenvalue weighted by Gasteiger charge is -2.27. The van der Waals surface area contributed by atoms with E-state index in [0.717, 1.165) is 22.8 Å². The van der Waals surface area contributed by atoms with Crippen LogP contribution in [0, 0.1) is 12.8 Å². The number of hydrogen-bond donors (Lipinski definition) is 1. The Balaban J connectivity index is 3.06. The Bertz CT molecular complexity index is 535. The Hall–Kier alpha value is -0.430. The Morgan fingerprint density at radius 1 is 1.35 bits per heavy atom. The third-order valence-corrected chi connectivity index (χ3v) is 6.92. The van der Waals surface area contributed by atoms with Gasteiger partial charge in [0.15, 0.2) is 0 Å². The summed E-state index contributed by atoms with van der Waals surface area (Å²) in [6, 6.07) is 1.79. The van der Waals surface area contributed by atoms with Crippen molar-refractivity contribution in [3.63, 3.8) is 0 Å². The van der Waals surface area contributed by atoms with Crippen LogP contribution in [-0.4, -0.2) is 32.4 Å². The maximum atomic E-state index is 12.7. The van der Waals surface area contributed by atoms with Crippen LogP contribution in [0.5, 0.6) is 0 Å². The minimum Gasteiger partial charge on any atom is -0.312 e. The summed E-state index contributed by atoms with van der Waals surface area (Å²) < 4.78 is 26.9. The van der Waals surface area contributed by atoms with Crippen LogP contribution in [0.4, 0.5) is 0 Å². The van der Waals surface area contributed by atoms with Crippen molar-refractivity contribution in [1.82, 2.24) is 9.62 Å². The summed E-state index contributed by atoms with van der Waals surface area (Å²) in [7, 11) is -1.73. The molecule has 0 aliphatic heterocycles. The molecular weight excluding hydrogens is 292 g/mol. The van der Waals surface area contributed by atoms with Crippen molar-refractivity contribution >= 4 is 21.4 Å². The molecule has 6 heteroatoms. The molecule has 116 valence electrons. The van der Waals surface area contributed by atoms with Gasteiger partial charge >= 0.3 is 0 Å². The second kappa shape index (κ2) is 7.02. The Morgan fingerprint density at radius 3 is 2.45 bits per heavy atom.